The minimum absolute atomic E-state index is 0.0413. The molecular weight excluding hydrogens is 436 g/mol. The Balaban J connectivity index is 1.70. The van der Waals surface area contributed by atoms with Crippen molar-refractivity contribution in [1.29, 1.82) is 0 Å². The summed E-state index contributed by atoms with van der Waals surface area (Å²) in [7, 11) is -1.21. The number of carbonyl (C=O) groups excluding carboxylic acids is 2. The molecule has 0 aromatic heterocycles. The van der Waals surface area contributed by atoms with Crippen LogP contribution in [0.25, 0.3) is 0 Å². The van der Waals surface area contributed by atoms with Gasteiger partial charge < -0.3 is 18.9 Å². The molecule has 0 N–H and O–H groups in total. The average Bonchev–Trinajstić information content (AvgIpc) is 2.79. The van der Waals surface area contributed by atoms with E-state index in [0.717, 1.165) is 18.0 Å². The number of hydrogen-bond donors (Lipinski definition) is 0. The smallest absolute Gasteiger partial charge is 0.316 e. The van der Waals surface area contributed by atoms with Crippen LogP contribution in [0.2, 0.25) is 25.7 Å². The summed E-state index contributed by atoms with van der Waals surface area (Å²) in [4.78, 5) is 25.9. The summed E-state index contributed by atoms with van der Waals surface area (Å²) in [6.07, 6.45) is 4.28. The summed E-state index contributed by atoms with van der Waals surface area (Å²) < 4.78 is 23.3. The van der Waals surface area contributed by atoms with Crippen LogP contribution >= 0.6 is 0 Å². The third kappa shape index (κ3) is 6.85. The quantitative estimate of drug-likeness (QED) is 0.199. The average molecular weight is 475 g/mol. The topological polar surface area (TPSA) is 71.1 Å². The summed E-state index contributed by atoms with van der Waals surface area (Å²) >= 11 is 0. The van der Waals surface area contributed by atoms with Crippen LogP contribution in [0.4, 0.5) is 0 Å². The van der Waals surface area contributed by atoms with Crippen LogP contribution in [0.1, 0.15) is 31.7 Å². The Labute approximate surface area is 198 Å². The van der Waals surface area contributed by atoms with E-state index < -0.39 is 19.6 Å². The highest BCUT2D eigenvalue weighted by molar-refractivity contribution is 6.76. The maximum Gasteiger partial charge on any atom is 0.316 e. The Morgan fingerprint density at radius 1 is 1.15 bits per heavy atom. The first-order valence-electron chi connectivity index (χ1n) is 12.0. The van der Waals surface area contributed by atoms with Gasteiger partial charge in [-0.3, -0.25) is 9.59 Å². The van der Waals surface area contributed by atoms with Gasteiger partial charge >= 0.3 is 5.97 Å². The molecular formula is C26H38O6Si. The van der Waals surface area contributed by atoms with Crippen molar-refractivity contribution in [3.63, 3.8) is 0 Å². The van der Waals surface area contributed by atoms with Gasteiger partial charge in [-0.25, -0.2) is 0 Å². The van der Waals surface area contributed by atoms with Crippen LogP contribution in [0, 0.1) is 11.3 Å². The van der Waals surface area contributed by atoms with Crippen molar-refractivity contribution >= 4 is 19.8 Å². The first-order valence-corrected chi connectivity index (χ1v) is 15.7. The van der Waals surface area contributed by atoms with Crippen molar-refractivity contribution in [2.75, 3.05) is 20.0 Å². The van der Waals surface area contributed by atoms with E-state index in [0.29, 0.717) is 32.7 Å². The van der Waals surface area contributed by atoms with Gasteiger partial charge in [0.15, 0.2) is 5.78 Å². The predicted molar refractivity (Wildman–Crippen MR) is 129 cm³/mol. The van der Waals surface area contributed by atoms with Crippen molar-refractivity contribution < 1.29 is 28.5 Å². The zero-order valence-electron chi connectivity index (χ0n) is 20.4. The number of hydrogen-bond acceptors (Lipinski definition) is 6. The number of ether oxygens (including phenoxy) is 4. The highest BCUT2D eigenvalue weighted by Gasteiger charge is 2.55. The summed E-state index contributed by atoms with van der Waals surface area (Å²) in [6, 6.07) is 11.0. The second kappa shape index (κ2) is 11.6. The summed E-state index contributed by atoms with van der Waals surface area (Å²) in [6.45, 7) is 10.1. The summed E-state index contributed by atoms with van der Waals surface area (Å²) in [5.41, 5.74) is 0.238. The van der Waals surface area contributed by atoms with Crippen LogP contribution in [-0.2, 0) is 35.1 Å². The van der Waals surface area contributed by atoms with Crippen LogP contribution in [-0.4, -0.2) is 52.0 Å². The molecule has 0 radical (unpaired) electrons. The first-order chi connectivity index (χ1) is 15.7. The van der Waals surface area contributed by atoms with E-state index in [2.05, 4.69) is 19.6 Å². The Bertz CT molecular complexity index is 818. The minimum atomic E-state index is -1.21. The van der Waals surface area contributed by atoms with Crippen LogP contribution in [0.3, 0.4) is 0 Å². The number of rotatable bonds is 11. The Hall–Kier alpha value is -1.80. The lowest BCUT2D eigenvalue weighted by Gasteiger charge is -2.47. The van der Waals surface area contributed by atoms with Gasteiger partial charge in [-0.1, -0.05) is 56.0 Å². The van der Waals surface area contributed by atoms with E-state index >= 15 is 0 Å². The minimum Gasteiger partial charge on any atom is -0.465 e. The maximum absolute atomic E-state index is 13.1. The molecule has 1 fully saturated rings. The van der Waals surface area contributed by atoms with E-state index in [1.807, 2.05) is 30.3 Å². The van der Waals surface area contributed by atoms with E-state index in [1.54, 1.807) is 13.0 Å². The number of carbonyl (C=O) groups is 2. The van der Waals surface area contributed by atoms with Gasteiger partial charge in [-0.2, -0.15) is 0 Å². The molecule has 2 aliphatic carbocycles. The molecule has 0 amide bonds. The van der Waals surface area contributed by atoms with Crippen LogP contribution in [0.15, 0.2) is 42.5 Å². The van der Waals surface area contributed by atoms with Gasteiger partial charge in [0.1, 0.15) is 12.9 Å². The molecule has 1 saturated carbocycles. The fourth-order valence-corrected chi connectivity index (χ4v) is 5.36. The lowest BCUT2D eigenvalue weighted by atomic mass is 9.60. The Morgan fingerprint density at radius 3 is 2.61 bits per heavy atom. The number of fused-ring (bicyclic) bond motifs is 1. The van der Waals surface area contributed by atoms with Crippen molar-refractivity contribution in [2.45, 2.75) is 70.7 Å². The molecule has 0 unspecified atom stereocenters. The highest BCUT2D eigenvalue weighted by Crippen LogP contribution is 2.49. The molecule has 0 bridgehead atoms. The molecule has 3 rings (SSSR count). The lowest BCUT2D eigenvalue weighted by molar-refractivity contribution is -0.179. The number of ketones is 1. The monoisotopic (exact) mass is 474 g/mol. The van der Waals surface area contributed by atoms with Gasteiger partial charge in [0.25, 0.3) is 0 Å². The largest absolute Gasteiger partial charge is 0.465 e. The molecule has 0 spiro atoms. The molecule has 6 nitrogen and oxygen atoms in total. The van der Waals surface area contributed by atoms with Crippen molar-refractivity contribution in [3.05, 3.63) is 48.0 Å². The van der Waals surface area contributed by atoms with Crippen molar-refractivity contribution in [1.82, 2.24) is 0 Å². The van der Waals surface area contributed by atoms with Crippen LogP contribution in [0.5, 0.6) is 0 Å². The molecule has 0 heterocycles. The lowest BCUT2D eigenvalue weighted by Crippen LogP contribution is -2.54. The van der Waals surface area contributed by atoms with Gasteiger partial charge in [0, 0.05) is 20.6 Å². The molecule has 33 heavy (non-hydrogen) atoms. The second-order valence-corrected chi connectivity index (χ2v) is 15.8. The number of esters is 1. The SMILES string of the molecule is CCOC(=O)[C@@]12C=CC(=O)[C@H](OCOCC[Si](C)(C)C)[C@H]1C[C@@H](OCc1ccccc1)CC2. The normalized spacial score (nSPS) is 27.3. The molecule has 0 saturated heterocycles. The fraction of sp³-hybridized carbons (Fsp3) is 0.615. The molecule has 2 aliphatic rings. The third-order valence-electron chi connectivity index (χ3n) is 6.56. The van der Waals surface area contributed by atoms with Crippen molar-refractivity contribution in [2.24, 2.45) is 11.3 Å². The maximum atomic E-state index is 13.1. The zero-order valence-corrected chi connectivity index (χ0v) is 21.4. The number of benzene rings is 1. The zero-order chi connectivity index (χ0) is 23.9. The summed E-state index contributed by atoms with van der Waals surface area (Å²) in [5.74, 6) is -0.755. The van der Waals surface area contributed by atoms with E-state index in [4.69, 9.17) is 18.9 Å². The Morgan fingerprint density at radius 2 is 1.91 bits per heavy atom. The fourth-order valence-electron chi connectivity index (χ4n) is 4.60. The van der Waals surface area contributed by atoms with Crippen molar-refractivity contribution in [3.8, 4) is 0 Å². The highest BCUT2D eigenvalue weighted by atomic mass is 28.3. The third-order valence-corrected chi connectivity index (χ3v) is 8.26. The summed E-state index contributed by atoms with van der Waals surface area (Å²) in [5, 5.41) is 0. The van der Waals surface area contributed by atoms with Gasteiger partial charge in [-0.05, 0) is 43.9 Å². The molecule has 1 aromatic carbocycles. The van der Waals surface area contributed by atoms with E-state index in [1.165, 1.54) is 6.08 Å². The second-order valence-electron chi connectivity index (χ2n) is 10.2. The van der Waals surface area contributed by atoms with E-state index in [-0.39, 0.29) is 30.6 Å². The first kappa shape index (κ1) is 25.8. The molecule has 0 aliphatic heterocycles. The van der Waals surface area contributed by atoms with Crippen LogP contribution < -0.4 is 0 Å². The molecule has 1 aromatic rings. The van der Waals surface area contributed by atoms with Gasteiger partial charge in [0.05, 0.1) is 24.7 Å². The molecule has 7 heteroatoms. The predicted octanol–water partition coefficient (Wildman–Crippen LogP) is 4.76. The molecule has 4 atom stereocenters. The standard InChI is InChI=1S/C26H38O6Si/c1-5-30-25(28)26-13-11-21(31-18-20-9-7-6-8-10-20)17-22(26)24(23(27)12-14-26)32-19-29-15-16-33(2,3)4/h6-10,12,14,21-22,24H,5,11,13,15-19H2,1-4H3/t21-,22+,24+,26-/m0/s1. The van der Waals surface area contributed by atoms with E-state index in [9.17, 15) is 9.59 Å². The Kier molecular flexibility index (Phi) is 9.04. The van der Waals surface area contributed by atoms with Gasteiger partial charge in [0.2, 0.25) is 0 Å². The van der Waals surface area contributed by atoms with Gasteiger partial charge in [-0.15, -0.1) is 0 Å². The molecule has 182 valence electrons.